The maximum atomic E-state index is 12.2. The van der Waals surface area contributed by atoms with Crippen LogP contribution in [-0.4, -0.2) is 24.5 Å². The molecule has 114 valence electrons. The maximum Gasteiger partial charge on any atom is 0.272 e. The number of nitrogens with zero attached hydrogens (tertiary/aromatic N) is 1. The molecule has 0 saturated heterocycles. The van der Waals surface area contributed by atoms with E-state index in [1.165, 1.54) is 6.07 Å². The highest BCUT2D eigenvalue weighted by Gasteiger charge is 2.15. The van der Waals surface area contributed by atoms with E-state index in [1.54, 1.807) is 12.1 Å². The van der Waals surface area contributed by atoms with E-state index in [0.29, 0.717) is 10.6 Å². The van der Waals surface area contributed by atoms with Gasteiger partial charge < -0.3 is 5.32 Å². The van der Waals surface area contributed by atoms with E-state index in [-0.39, 0.29) is 16.7 Å². The third kappa shape index (κ3) is 2.86. The zero-order valence-corrected chi connectivity index (χ0v) is 12.9. The molecule has 0 radical (unpaired) electrons. The highest BCUT2D eigenvalue weighted by Crippen LogP contribution is 2.20. The number of carbonyl (C=O) groups is 1. The summed E-state index contributed by atoms with van der Waals surface area (Å²) in [5.74, 6) is -0.331. The molecule has 0 saturated carbocycles. The van der Waals surface area contributed by atoms with Crippen LogP contribution in [0.4, 0.5) is 0 Å². The molecule has 0 spiro atoms. The van der Waals surface area contributed by atoms with Gasteiger partial charge in [-0.05, 0) is 18.2 Å². The molecule has 2 heterocycles. The first-order valence-corrected chi connectivity index (χ1v) is 8.64. The summed E-state index contributed by atoms with van der Waals surface area (Å²) in [6.07, 6.45) is 0. The van der Waals surface area contributed by atoms with E-state index in [1.807, 2.05) is 18.2 Å². The number of fused-ring (bicyclic) bond motifs is 1. The van der Waals surface area contributed by atoms with Crippen LogP contribution >= 0.6 is 11.3 Å². The van der Waals surface area contributed by atoms with Gasteiger partial charge in [-0.25, -0.2) is 13.6 Å². The number of hydrogen-bond donors (Lipinski definition) is 3. The van der Waals surface area contributed by atoms with Gasteiger partial charge in [0.05, 0.1) is 12.1 Å². The molecule has 22 heavy (non-hydrogen) atoms. The fraction of sp³-hybridized carbons (Fsp3) is 0.0769. The quantitative estimate of drug-likeness (QED) is 0.663. The van der Waals surface area contributed by atoms with Gasteiger partial charge in [-0.2, -0.15) is 5.10 Å². The number of thiophene rings is 1. The molecule has 0 fully saturated rings. The summed E-state index contributed by atoms with van der Waals surface area (Å²) >= 11 is 1.03. The number of nitrogens with one attached hydrogen (secondary N) is 2. The van der Waals surface area contributed by atoms with E-state index in [4.69, 9.17) is 5.14 Å². The molecule has 0 unspecified atom stereocenters. The topological polar surface area (TPSA) is 118 Å². The minimum Gasteiger partial charge on any atom is -0.346 e. The summed E-state index contributed by atoms with van der Waals surface area (Å²) < 4.78 is 22.5. The lowest BCUT2D eigenvalue weighted by molar-refractivity contribution is 0.0948. The summed E-state index contributed by atoms with van der Waals surface area (Å²) in [5.41, 5.74) is 1.08. The van der Waals surface area contributed by atoms with Crippen LogP contribution in [0.5, 0.6) is 0 Å². The van der Waals surface area contributed by atoms with Crippen LogP contribution in [0, 0.1) is 0 Å². The number of aromatic nitrogens is 2. The first-order valence-electron chi connectivity index (χ1n) is 6.28. The van der Waals surface area contributed by atoms with Gasteiger partial charge in [-0.15, -0.1) is 11.3 Å². The molecule has 0 aliphatic heterocycles. The predicted molar refractivity (Wildman–Crippen MR) is 83.0 cm³/mol. The van der Waals surface area contributed by atoms with Crippen LogP contribution in [0.15, 0.2) is 40.6 Å². The van der Waals surface area contributed by atoms with Crippen LogP contribution in [0.1, 0.15) is 15.4 Å². The van der Waals surface area contributed by atoms with Gasteiger partial charge in [0.25, 0.3) is 5.91 Å². The second-order valence-corrected chi connectivity index (χ2v) is 7.52. The summed E-state index contributed by atoms with van der Waals surface area (Å²) in [5, 5.41) is 15.3. The van der Waals surface area contributed by atoms with Crippen molar-refractivity contribution < 1.29 is 13.2 Å². The minimum absolute atomic E-state index is 0.0713. The molecule has 4 N–H and O–H groups in total. The Morgan fingerprint density at radius 3 is 2.77 bits per heavy atom. The van der Waals surface area contributed by atoms with Crippen molar-refractivity contribution in [1.29, 1.82) is 0 Å². The second kappa shape index (κ2) is 5.52. The molecule has 1 aromatic carbocycles. The Morgan fingerprint density at radius 2 is 2.05 bits per heavy atom. The van der Waals surface area contributed by atoms with Crippen molar-refractivity contribution in [2.45, 2.75) is 10.8 Å². The van der Waals surface area contributed by atoms with Crippen LogP contribution in [0.2, 0.25) is 0 Å². The van der Waals surface area contributed by atoms with Crippen LogP contribution in [0.25, 0.3) is 10.9 Å². The molecule has 1 amide bonds. The number of rotatable bonds is 4. The number of H-pyrrole nitrogens is 1. The fourth-order valence-electron chi connectivity index (χ4n) is 1.99. The largest absolute Gasteiger partial charge is 0.346 e. The number of carbonyl (C=O) groups excluding carboxylic acids is 1. The predicted octanol–water partition coefficient (Wildman–Crippen LogP) is 1.20. The highest BCUT2D eigenvalue weighted by atomic mass is 32.2. The Hall–Kier alpha value is -2.23. The Labute approximate surface area is 130 Å². The number of benzene rings is 1. The van der Waals surface area contributed by atoms with Crippen molar-refractivity contribution in [2.75, 3.05) is 0 Å². The zero-order valence-electron chi connectivity index (χ0n) is 11.2. The molecule has 0 atom stereocenters. The number of aromatic amines is 1. The lowest BCUT2D eigenvalue weighted by Crippen LogP contribution is -2.22. The Morgan fingerprint density at radius 1 is 1.27 bits per heavy atom. The molecule has 3 aromatic rings. The van der Waals surface area contributed by atoms with Gasteiger partial charge in [0.2, 0.25) is 10.0 Å². The van der Waals surface area contributed by atoms with E-state index in [2.05, 4.69) is 15.5 Å². The molecule has 0 aliphatic carbocycles. The maximum absolute atomic E-state index is 12.2. The molecular weight excluding hydrogens is 324 g/mol. The van der Waals surface area contributed by atoms with Gasteiger partial charge in [-0.1, -0.05) is 18.2 Å². The van der Waals surface area contributed by atoms with E-state index < -0.39 is 10.0 Å². The first kappa shape index (κ1) is 14.7. The zero-order chi connectivity index (χ0) is 15.7. The average molecular weight is 336 g/mol. The van der Waals surface area contributed by atoms with Crippen molar-refractivity contribution in [2.24, 2.45) is 5.14 Å². The van der Waals surface area contributed by atoms with Crippen LogP contribution < -0.4 is 10.5 Å². The lowest BCUT2D eigenvalue weighted by atomic mass is 10.2. The summed E-state index contributed by atoms with van der Waals surface area (Å²) in [6, 6.07) is 10.3. The molecule has 7 nitrogen and oxygen atoms in total. The first-order chi connectivity index (χ1) is 10.4. The SMILES string of the molecule is NS(=O)(=O)c1ccc(CNC(=O)c2n[nH]c3ccccc23)s1. The van der Waals surface area contributed by atoms with Gasteiger partial charge >= 0.3 is 0 Å². The van der Waals surface area contributed by atoms with Crippen LogP contribution in [-0.2, 0) is 16.6 Å². The number of hydrogen-bond acceptors (Lipinski definition) is 5. The van der Waals surface area contributed by atoms with E-state index >= 15 is 0 Å². The lowest BCUT2D eigenvalue weighted by Gasteiger charge is -2.01. The third-order valence-corrected chi connectivity index (χ3v) is 5.55. The van der Waals surface area contributed by atoms with Crippen molar-refractivity contribution >= 4 is 38.2 Å². The fourth-order valence-corrected chi connectivity index (χ4v) is 3.71. The third-order valence-electron chi connectivity index (χ3n) is 3.03. The number of primary sulfonamides is 1. The summed E-state index contributed by atoms with van der Waals surface area (Å²) in [7, 11) is -3.70. The van der Waals surface area contributed by atoms with Gasteiger partial charge in [0.1, 0.15) is 4.21 Å². The monoisotopic (exact) mass is 336 g/mol. The van der Waals surface area contributed by atoms with E-state index in [9.17, 15) is 13.2 Å². The molecule has 0 aliphatic rings. The number of nitrogens with two attached hydrogens (primary N) is 1. The molecule has 9 heteroatoms. The Balaban J connectivity index is 1.74. The molecule has 3 rings (SSSR count). The van der Waals surface area contributed by atoms with E-state index in [0.717, 1.165) is 22.2 Å². The number of sulfonamides is 1. The van der Waals surface area contributed by atoms with Crippen molar-refractivity contribution in [3.05, 3.63) is 47.0 Å². The normalized spacial score (nSPS) is 11.7. The molecule has 0 bridgehead atoms. The smallest absolute Gasteiger partial charge is 0.272 e. The summed E-state index contributed by atoms with van der Waals surface area (Å²) in [6.45, 7) is 0.209. The van der Waals surface area contributed by atoms with Gasteiger partial charge in [0.15, 0.2) is 5.69 Å². The second-order valence-electron chi connectivity index (χ2n) is 4.57. The number of para-hydroxylation sites is 1. The summed E-state index contributed by atoms with van der Waals surface area (Å²) in [4.78, 5) is 12.9. The Kier molecular flexibility index (Phi) is 3.69. The molecule has 2 aromatic heterocycles. The van der Waals surface area contributed by atoms with Gasteiger partial charge in [0, 0.05) is 10.3 Å². The molecular formula is C13H12N4O3S2. The highest BCUT2D eigenvalue weighted by molar-refractivity contribution is 7.91. The average Bonchev–Trinajstić information content (AvgIpc) is 3.11. The van der Waals surface area contributed by atoms with Crippen molar-refractivity contribution in [3.63, 3.8) is 0 Å². The Bertz CT molecular complexity index is 943. The standard InChI is InChI=1S/C13H12N4O3S2/c14-22(19,20)11-6-5-8(21-11)7-15-13(18)12-9-3-1-2-4-10(9)16-17-12/h1-6H,7H2,(H,15,18)(H,16,17)(H2,14,19,20). The van der Waals surface area contributed by atoms with Crippen LogP contribution in [0.3, 0.4) is 0 Å². The minimum atomic E-state index is -3.70. The van der Waals surface area contributed by atoms with Gasteiger partial charge in [-0.3, -0.25) is 9.89 Å². The number of amides is 1. The van der Waals surface area contributed by atoms with Crippen molar-refractivity contribution in [1.82, 2.24) is 15.5 Å². The van der Waals surface area contributed by atoms with Crippen molar-refractivity contribution in [3.8, 4) is 0 Å².